The van der Waals surface area contributed by atoms with Gasteiger partial charge in [0.15, 0.2) is 12.4 Å². The van der Waals surface area contributed by atoms with Gasteiger partial charge in [0.2, 0.25) is 10.0 Å². The minimum atomic E-state index is -3.64. The summed E-state index contributed by atoms with van der Waals surface area (Å²) in [5.74, 6) is -1.04. The molecule has 0 amide bonds. The first kappa shape index (κ1) is 20.2. The first-order valence-corrected chi connectivity index (χ1v) is 10.7. The lowest BCUT2D eigenvalue weighted by atomic mass is 10.1. The number of aryl methyl sites for hydroxylation is 1. The van der Waals surface area contributed by atoms with Crippen LogP contribution in [-0.2, 0) is 14.8 Å². The van der Waals surface area contributed by atoms with Crippen molar-refractivity contribution in [1.29, 1.82) is 0 Å². The number of Topliss-reactive ketones (excluding diaryl/α,β-unsaturated/α-hetero) is 1. The van der Waals surface area contributed by atoms with E-state index < -0.39 is 22.6 Å². The number of hydrogen-bond acceptors (Lipinski definition) is 5. The molecular formula is C21H23NO5S. The zero-order valence-electron chi connectivity index (χ0n) is 15.8. The highest BCUT2D eigenvalue weighted by Crippen LogP contribution is 2.21. The Morgan fingerprint density at radius 3 is 2.32 bits per heavy atom. The number of hydrogen-bond donors (Lipinski definition) is 0. The Balaban J connectivity index is 1.68. The summed E-state index contributed by atoms with van der Waals surface area (Å²) >= 11 is 0. The van der Waals surface area contributed by atoms with Gasteiger partial charge in [-0.1, -0.05) is 42.3 Å². The van der Waals surface area contributed by atoms with E-state index >= 15 is 0 Å². The van der Waals surface area contributed by atoms with E-state index in [1.165, 1.54) is 28.6 Å². The molecule has 1 heterocycles. The van der Waals surface area contributed by atoms with Crippen LogP contribution in [0.2, 0.25) is 0 Å². The fourth-order valence-electron chi connectivity index (χ4n) is 3.08. The van der Waals surface area contributed by atoms with Gasteiger partial charge >= 0.3 is 5.97 Å². The van der Waals surface area contributed by atoms with E-state index in [-0.39, 0.29) is 16.2 Å². The quantitative estimate of drug-likeness (QED) is 0.548. The molecule has 0 radical (unpaired) electrons. The molecule has 28 heavy (non-hydrogen) atoms. The zero-order chi connectivity index (χ0) is 20.1. The van der Waals surface area contributed by atoms with Crippen molar-refractivity contribution >= 4 is 21.8 Å². The lowest BCUT2D eigenvalue weighted by molar-refractivity contribution is 0.0474. The van der Waals surface area contributed by atoms with Crippen molar-refractivity contribution in [2.75, 3.05) is 19.7 Å². The van der Waals surface area contributed by atoms with Crippen molar-refractivity contribution in [2.45, 2.75) is 31.1 Å². The highest BCUT2D eigenvalue weighted by atomic mass is 32.2. The van der Waals surface area contributed by atoms with Gasteiger partial charge in [-0.15, -0.1) is 0 Å². The van der Waals surface area contributed by atoms with E-state index in [1.807, 2.05) is 19.1 Å². The van der Waals surface area contributed by atoms with E-state index in [0.717, 1.165) is 24.8 Å². The number of nitrogens with zero attached hydrogens (tertiary/aromatic N) is 1. The van der Waals surface area contributed by atoms with Gasteiger partial charge in [0.05, 0.1) is 10.5 Å². The first-order valence-electron chi connectivity index (χ1n) is 9.25. The number of piperidine rings is 1. The molecule has 0 N–H and O–H groups in total. The van der Waals surface area contributed by atoms with Crippen LogP contribution in [0.1, 0.15) is 45.5 Å². The Morgan fingerprint density at radius 1 is 0.964 bits per heavy atom. The fraction of sp³-hybridized carbons (Fsp3) is 0.333. The number of benzene rings is 2. The minimum Gasteiger partial charge on any atom is -0.454 e. The lowest BCUT2D eigenvalue weighted by Gasteiger charge is -2.25. The van der Waals surface area contributed by atoms with Crippen LogP contribution in [0.3, 0.4) is 0 Å². The summed E-state index contributed by atoms with van der Waals surface area (Å²) < 4.78 is 32.1. The SMILES string of the molecule is Cc1ccc(C(=O)COC(=O)c2cccc(S(=O)(=O)N3CCCCC3)c2)cc1. The minimum absolute atomic E-state index is 0.0636. The topological polar surface area (TPSA) is 80.8 Å². The van der Waals surface area contributed by atoms with Crippen LogP contribution in [0.5, 0.6) is 0 Å². The van der Waals surface area contributed by atoms with Crippen molar-refractivity contribution in [3.63, 3.8) is 0 Å². The van der Waals surface area contributed by atoms with Crippen molar-refractivity contribution in [2.24, 2.45) is 0 Å². The van der Waals surface area contributed by atoms with Gasteiger partial charge in [-0.2, -0.15) is 4.31 Å². The molecule has 0 bridgehead atoms. The molecule has 6 nitrogen and oxygen atoms in total. The van der Waals surface area contributed by atoms with Crippen LogP contribution < -0.4 is 0 Å². The third kappa shape index (κ3) is 4.66. The highest BCUT2D eigenvalue weighted by molar-refractivity contribution is 7.89. The Morgan fingerprint density at radius 2 is 1.64 bits per heavy atom. The summed E-state index contributed by atoms with van der Waals surface area (Å²) in [6, 6.07) is 12.7. The molecule has 3 rings (SSSR count). The third-order valence-electron chi connectivity index (χ3n) is 4.73. The summed E-state index contributed by atoms with van der Waals surface area (Å²) in [6.45, 7) is 2.49. The molecule has 7 heteroatoms. The molecule has 0 saturated carbocycles. The number of esters is 1. The van der Waals surface area contributed by atoms with Crippen LogP contribution in [0, 0.1) is 6.92 Å². The molecule has 148 valence electrons. The number of ether oxygens (including phenoxy) is 1. The van der Waals surface area contributed by atoms with Gasteiger partial charge < -0.3 is 4.74 Å². The van der Waals surface area contributed by atoms with E-state index in [9.17, 15) is 18.0 Å². The Labute approximate surface area is 165 Å². The molecule has 0 spiro atoms. The Kier molecular flexibility index (Phi) is 6.26. The van der Waals surface area contributed by atoms with E-state index in [1.54, 1.807) is 12.1 Å². The molecule has 1 fully saturated rings. The Hall–Kier alpha value is -2.51. The molecule has 0 unspecified atom stereocenters. The van der Waals surface area contributed by atoms with Gasteiger partial charge in [-0.25, -0.2) is 13.2 Å². The van der Waals surface area contributed by atoms with Crippen molar-refractivity contribution in [1.82, 2.24) is 4.31 Å². The predicted octanol–water partition coefficient (Wildman–Crippen LogP) is 3.21. The van der Waals surface area contributed by atoms with Gasteiger partial charge in [-0.05, 0) is 38.0 Å². The second-order valence-electron chi connectivity index (χ2n) is 6.86. The van der Waals surface area contributed by atoms with Gasteiger partial charge in [0, 0.05) is 18.7 Å². The number of ketones is 1. The number of sulfonamides is 1. The third-order valence-corrected chi connectivity index (χ3v) is 6.63. The maximum atomic E-state index is 12.8. The number of carbonyl (C=O) groups is 2. The van der Waals surface area contributed by atoms with Gasteiger partial charge in [-0.3, -0.25) is 4.79 Å². The van der Waals surface area contributed by atoms with Crippen LogP contribution >= 0.6 is 0 Å². The molecule has 2 aromatic carbocycles. The molecule has 0 aliphatic carbocycles. The Bertz CT molecular complexity index is 961. The largest absolute Gasteiger partial charge is 0.454 e. The molecule has 0 atom stereocenters. The summed E-state index contributed by atoms with van der Waals surface area (Å²) in [6.07, 6.45) is 2.69. The molecule has 1 aliphatic heterocycles. The fourth-order valence-corrected chi connectivity index (χ4v) is 4.64. The smallest absolute Gasteiger partial charge is 0.338 e. The molecule has 1 saturated heterocycles. The average molecular weight is 401 g/mol. The average Bonchev–Trinajstić information content (AvgIpc) is 2.73. The molecular weight excluding hydrogens is 378 g/mol. The van der Waals surface area contributed by atoms with Gasteiger partial charge in [0.1, 0.15) is 0 Å². The van der Waals surface area contributed by atoms with Crippen molar-refractivity contribution in [3.8, 4) is 0 Å². The van der Waals surface area contributed by atoms with Crippen LogP contribution in [0.15, 0.2) is 53.4 Å². The van der Waals surface area contributed by atoms with E-state index in [4.69, 9.17) is 4.74 Å². The maximum Gasteiger partial charge on any atom is 0.338 e. The summed E-state index contributed by atoms with van der Waals surface area (Å²) in [5.41, 5.74) is 1.59. The van der Waals surface area contributed by atoms with Gasteiger partial charge in [0.25, 0.3) is 0 Å². The van der Waals surface area contributed by atoms with E-state index in [0.29, 0.717) is 18.7 Å². The number of carbonyl (C=O) groups excluding carboxylic acids is 2. The monoisotopic (exact) mass is 401 g/mol. The van der Waals surface area contributed by atoms with E-state index in [2.05, 4.69) is 0 Å². The first-order chi connectivity index (χ1) is 13.4. The predicted molar refractivity (Wildman–Crippen MR) is 105 cm³/mol. The number of rotatable bonds is 6. The molecule has 1 aliphatic rings. The molecule has 0 aromatic heterocycles. The lowest BCUT2D eigenvalue weighted by Crippen LogP contribution is -2.35. The normalized spacial score (nSPS) is 15.2. The van der Waals surface area contributed by atoms with Crippen LogP contribution in [0.4, 0.5) is 0 Å². The summed E-state index contributed by atoms with van der Waals surface area (Å²) in [7, 11) is -3.64. The summed E-state index contributed by atoms with van der Waals surface area (Å²) in [4.78, 5) is 24.5. The van der Waals surface area contributed by atoms with Crippen LogP contribution in [0.25, 0.3) is 0 Å². The molecule has 2 aromatic rings. The summed E-state index contributed by atoms with van der Waals surface area (Å²) in [5, 5.41) is 0. The zero-order valence-corrected chi connectivity index (χ0v) is 16.6. The standard InChI is InChI=1S/C21H23NO5S/c1-16-8-10-17(11-9-16)20(23)15-27-21(24)18-6-5-7-19(14-18)28(25,26)22-12-3-2-4-13-22/h5-11,14H,2-4,12-13,15H2,1H3. The van der Waals surface area contributed by atoms with Crippen LogP contribution in [-0.4, -0.2) is 44.2 Å². The van der Waals surface area contributed by atoms with Crippen molar-refractivity contribution < 1.29 is 22.7 Å². The highest BCUT2D eigenvalue weighted by Gasteiger charge is 2.26. The second kappa shape index (κ2) is 8.67. The second-order valence-corrected chi connectivity index (χ2v) is 8.80. The maximum absolute atomic E-state index is 12.8. The van der Waals surface area contributed by atoms with Crippen molar-refractivity contribution in [3.05, 3.63) is 65.2 Å².